The molecule has 2 aromatic rings. The Balaban J connectivity index is 1.32. The molecule has 30 heavy (non-hydrogen) atoms. The number of benzene rings is 2. The lowest BCUT2D eigenvalue weighted by Crippen LogP contribution is -2.50. The molecular formula is C26H31NO3. The monoisotopic (exact) mass is 405 g/mol. The Morgan fingerprint density at radius 2 is 1.70 bits per heavy atom. The van der Waals surface area contributed by atoms with E-state index in [1.807, 2.05) is 11.8 Å². The summed E-state index contributed by atoms with van der Waals surface area (Å²) in [5.41, 5.74) is 4.27. The quantitative estimate of drug-likeness (QED) is 0.750. The third kappa shape index (κ3) is 3.31. The zero-order chi connectivity index (χ0) is 20.7. The molecule has 0 bridgehead atoms. The minimum atomic E-state index is -0.685. The molecule has 0 spiro atoms. The Labute approximate surface area is 178 Å². The molecule has 1 aliphatic heterocycles. The van der Waals surface area contributed by atoms with Gasteiger partial charge in [-0.05, 0) is 54.9 Å². The number of rotatable bonds is 3. The van der Waals surface area contributed by atoms with Crippen LogP contribution < -0.4 is 0 Å². The summed E-state index contributed by atoms with van der Waals surface area (Å²) in [7, 11) is 0. The number of carbonyl (C=O) groups is 1. The van der Waals surface area contributed by atoms with Gasteiger partial charge in [-0.2, -0.15) is 0 Å². The van der Waals surface area contributed by atoms with Gasteiger partial charge in [-0.1, -0.05) is 61.4 Å². The molecule has 2 aromatic carbocycles. The van der Waals surface area contributed by atoms with E-state index in [0.29, 0.717) is 6.61 Å². The van der Waals surface area contributed by atoms with Crippen molar-refractivity contribution >= 4 is 6.09 Å². The minimum Gasteiger partial charge on any atom is -0.448 e. The van der Waals surface area contributed by atoms with Crippen LogP contribution in [0.15, 0.2) is 48.5 Å². The van der Waals surface area contributed by atoms with Gasteiger partial charge in [0.15, 0.2) is 0 Å². The van der Waals surface area contributed by atoms with Gasteiger partial charge < -0.3 is 14.7 Å². The van der Waals surface area contributed by atoms with E-state index in [1.165, 1.54) is 22.3 Å². The number of ether oxygens (including phenoxy) is 1. The Bertz CT molecular complexity index is 892. The molecular weight excluding hydrogens is 374 g/mol. The molecule has 1 N–H and O–H groups in total. The first-order chi connectivity index (χ1) is 14.6. The van der Waals surface area contributed by atoms with Gasteiger partial charge in [0.25, 0.3) is 0 Å². The van der Waals surface area contributed by atoms with E-state index in [0.717, 1.165) is 45.1 Å². The van der Waals surface area contributed by atoms with E-state index < -0.39 is 5.60 Å². The Morgan fingerprint density at radius 3 is 2.37 bits per heavy atom. The number of aliphatic hydroxyl groups is 1. The van der Waals surface area contributed by atoms with Crippen LogP contribution >= 0.6 is 0 Å². The average Bonchev–Trinajstić information content (AvgIpc) is 3.35. The molecule has 1 heterocycles. The van der Waals surface area contributed by atoms with Crippen LogP contribution in [0.4, 0.5) is 4.79 Å². The SMILES string of the molecule is CC1(O)CCCCC1C1CCCN1C(=O)OCC1c2ccccc2-c2ccccc21. The largest absolute Gasteiger partial charge is 0.448 e. The van der Waals surface area contributed by atoms with Crippen molar-refractivity contribution in [2.75, 3.05) is 13.2 Å². The van der Waals surface area contributed by atoms with Gasteiger partial charge >= 0.3 is 6.09 Å². The van der Waals surface area contributed by atoms with E-state index >= 15 is 0 Å². The summed E-state index contributed by atoms with van der Waals surface area (Å²) in [5.74, 6) is 0.231. The predicted octanol–water partition coefficient (Wildman–Crippen LogP) is 5.34. The van der Waals surface area contributed by atoms with Crippen molar-refractivity contribution in [2.45, 2.75) is 63.0 Å². The number of hydrogen-bond donors (Lipinski definition) is 1. The number of likely N-dealkylation sites (tertiary alicyclic amines) is 1. The molecule has 3 aliphatic rings. The van der Waals surface area contributed by atoms with Crippen molar-refractivity contribution in [1.29, 1.82) is 0 Å². The second-order valence-electron chi connectivity index (χ2n) is 9.42. The first-order valence-corrected chi connectivity index (χ1v) is 11.4. The second-order valence-corrected chi connectivity index (χ2v) is 9.42. The summed E-state index contributed by atoms with van der Waals surface area (Å²) >= 11 is 0. The number of fused-ring (bicyclic) bond motifs is 3. The van der Waals surface area contributed by atoms with Gasteiger partial charge in [-0.25, -0.2) is 4.79 Å². The third-order valence-corrected chi connectivity index (χ3v) is 7.58. The fourth-order valence-electron chi connectivity index (χ4n) is 6.06. The van der Waals surface area contributed by atoms with Gasteiger partial charge in [0.2, 0.25) is 0 Å². The van der Waals surface area contributed by atoms with E-state index in [9.17, 15) is 9.90 Å². The molecule has 5 rings (SSSR count). The molecule has 0 radical (unpaired) electrons. The average molecular weight is 406 g/mol. The summed E-state index contributed by atoms with van der Waals surface area (Å²) in [5, 5.41) is 10.9. The lowest BCUT2D eigenvalue weighted by molar-refractivity contribution is -0.0599. The molecule has 3 unspecified atom stereocenters. The summed E-state index contributed by atoms with van der Waals surface area (Å²) in [6.45, 7) is 3.04. The maximum absolute atomic E-state index is 13.1. The van der Waals surface area contributed by atoms with Crippen LogP contribution in [0.3, 0.4) is 0 Å². The lowest BCUT2D eigenvalue weighted by Gasteiger charge is -2.43. The lowest BCUT2D eigenvalue weighted by atomic mass is 9.72. The van der Waals surface area contributed by atoms with Crippen molar-refractivity contribution in [2.24, 2.45) is 5.92 Å². The van der Waals surface area contributed by atoms with Crippen LogP contribution in [0.5, 0.6) is 0 Å². The van der Waals surface area contributed by atoms with Gasteiger partial charge in [0.1, 0.15) is 6.61 Å². The van der Waals surface area contributed by atoms with Crippen LogP contribution in [0.25, 0.3) is 11.1 Å². The molecule has 4 heteroatoms. The van der Waals surface area contributed by atoms with E-state index in [1.54, 1.807) is 0 Å². The fraction of sp³-hybridized carbons (Fsp3) is 0.500. The van der Waals surface area contributed by atoms with Crippen LogP contribution in [0, 0.1) is 5.92 Å². The van der Waals surface area contributed by atoms with Crippen LogP contribution in [-0.2, 0) is 4.74 Å². The Hall–Kier alpha value is -2.33. The fourth-order valence-corrected chi connectivity index (χ4v) is 6.06. The number of nitrogens with zero attached hydrogens (tertiary/aromatic N) is 1. The summed E-state index contributed by atoms with van der Waals surface area (Å²) in [4.78, 5) is 15.0. The highest BCUT2D eigenvalue weighted by Crippen LogP contribution is 2.45. The first-order valence-electron chi connectivity index (χ1n) is 11.4. The molecule has 1 saturated heterocycles. The van der Waals surface area contributed by atoms with E-state index in [2.05, 4.69) is 48.5 Å². The standard InChI is InChI=1S/C26H31NO3/c1-26(29)15-7-6-13-23(26)24-14-8-16-27(24)25(28)30-17-22-20-11-4-2-9-18(20)19-10-3-5-12-21(19)22/h2-5,9-12,22-24,29H,6-8,13-17H2,1H3. The molecule has 2 aliphatic carbocycles. The molecule has 0 aromatic heterocycles. The predicted molar refractivity (Wildman–Crippen MR) is 117 cm³/mol. The van der Waals surface area contributed by atoms with Gasteiger partial charge in [-0.3, -0.25) is 0 Å². The molecule has 1 amide bonds. The van der Waals surface area contributed by atoms with Crippen molar-refractivity contribution in [3.63, 3.8) is 0 Å². The van der Waals surface area contributed by atoms with Crippen molar-refractivity contribution in [3.8, 4) is 11.1 Å². The third-order valence-electron chi connectivity index (χ3n) is 7.58. The maximum Gasteiger partial charge on any atom is 0.410 e. The second kappa shape index (κ2) is 7.73. The summed E-state index contributed by atoms with van der Waals surface area (Å²) < 4.78 is 5.92. The normalized spacial score (nSPS) is 28.3. The van der Waals surface area contributed by atoms with Gasteiger partial charge in [0.05, 0.1) is 5.60 Å². The smallest absolute Gasteiger partial charge is 0.410 e. The van der Waals surface area contributed by atoms with Crippen molar-refractivity contribution < 1.29 is 14.6 Å². The number of hydrogen-bond acceptors (Lipinski definition) is 3. The van der Waals surface area contributed by atoms with Gasteiger partial charge in [0, 0.05) is 24.4 Å². The highest BCUT2D eigenvalue weighted by Gasteiger charge is 2.45. The van der Waals surface area contributed by atoms with Gasteiger partial charge in [-0.15, -0.1) is 0 Å². The van der Waals surface area contributed by atoms with Crippen LogP contribution in [-0.4, -0.2) is 40.9 Å². The Kier molecular flexibility index (Phi) is 5.06. The molecule has 3 atom stereocenters. The zero-order valence-corrected chi connectivity index (χ0v) is 17.7. The van der Waals surface area contributed by atoms with Crippen molar-refractivity contribution in [3.05, 3.63) is 59.7 Å². The minimum absolute atomic E-state index is 0.0835. The van der Waals surface area contributed by atoms with Crippen LogP contribution in [0.1, 0.15) is 62.5 Å². The topological polar surface area (TPSA) is 49.8 Å². The number of amides is 1. The summed E-state index contributed by atoms with van der Waals surface area (Å²) in [6.07, 6.45) is 5.75. The Morgan fingerprint density at radius 1 is 1.03 bits per heavy atom. The van der Waals surface area contributed by atoms with E-state index in [-0.39, 0.29) is 24.0 Å². The first kappa shape index (κ1) is 19.6. The highest BCUT2D eigenvalue weighted by molar-refractivity contribution is 5.79. The zero-order valence-electron chi connectivity index (χ0n) is 17.7. The van der Waals surface area contributed by atoms with E-state index in [4.69, 9.17) is 4.74 Å². The maximum atomic E-state index is 13.1. The summed E-state index contributed by atoms with van der Waals surface area (Å²) in [6, 6.07) is 16.9. The number of carbonyl (C=O) groups excluding carboxylic acids is 1. The highest BCUT2D eigenvalue weighted by atomic mass is 16.6. The van der Waals surface area contributed by atoms with Crippen molar-refractivity contribution in [1.82, 2.24) is 4.90 Å². The molecule has 158 valence electrons. The molecule has 1 saturated carbocycles. The molecule has 2 fully saturated rings. The molecule has 4 nitrogen and oxygen atoms in total. The van der Waals surface area contributed by atoms with Crippen LogP contribution in [0.2, 0.25) is 0 Å².